The lowest BCUT2D eigenvalue weighted by Crippen LogP contribution is -3.10. The molecular weight excluding hydrogens is 274 g/mol. The zero-order valence-electron chi connectivity index (χ0n) is 13.5. The summed E-state index contributed by atoms with van der Waals surface area (Å²) in [5.74, 6) is 1.06. The van der Waals surface area contributed by atoms with Crippen LogP contribution in [0, 0.1) is 5.92 Å². The highest BCUT2D eigenvalue weighted by Crippen LogP contribution is 2.11. The van der Waals surface area contributed by atoms with E-state index in [1.165, 1.54) is 71.0 Å². The highest BCUT2D eigenvalue weighted by Gasteiger charge is 2.24. The number of rotatable bonds is 8. The Morgan fingerprint density at radius 2 is 1.70 bits per heavy atom. The van der Waals surface area contributed by atoms with Gasteiger partial charge in [-0.2, -0.15) is 0 Å². The van der Waals surface area contributed by atoms with Crippen LogP contribution in [0.3, 0.4) is 0 Å². The van der Waals surface area contributed by atoms with Gasteiger partial charge < -0.3 is 9.45 Å². The molecule has 0 aromatic heterocycles. The van der Waals surface area contributed by atoms with Gasteiger partial charge in [-0.05, 0) is 19.3 Å². The van der Waals surface area contributed by atoms with E-state index in [9.17, 15) is 0 Å². The van der Waals surface area contributed by atoms with Crippen LogP contribution in [0.25, 0.3) is 0 Å². The van der Waals surface area contributed by atoms with Crippen LogP contribution in [0.5, 0.6) is 0 Å². The van der Waals surface area contributed by atoms with E-state index < -0.39 is 10.1 Å². The molecule has 0 aliphatic carbocycles. The number of unbranched alkanes of at least 4 members (excludes halogenated alkanes) is 4. The fourth-order valence-corrected chi connectivity index (χ4v) is 2.88. The highest BCUT2D eigenvalue weighted by molar-refractivity contribution is 7.84. The number of quaternary nitrogens is 1. The molecule has 4 nitrogen and oxygen atoms in total. The fraction of sp³-hybridized carbons (Fsp3) is 1.00. The lowest BCUT2D eigenvalue weighted by Gasteiger charge is -2.12. The maximum atomic E-state index is 9.08. The summed E-state index contributed by atoms with van der Waals surface area (Å²) < 4.78 is 27.2. The van der Waals surface area contributed by atoms with E-state index in [0.29, 0.717) is 6.26 Å². The molecule has 1 rings (SSSR count). The Balaban J connectivity index is 0.000000621. The van der Waals surface area contributed by atoms with Gasteiger partial charge in [0.15, 0.2) is 0 Å². The monoisotopic (exact) mass is 307 g/mol. The van der Waals surface area contributed by atoms with Gasteiger partial charge in [0.25, 0.3) is 0 Å². The van der Waals surface area contributed by atoms with Gasteiger partial charge in [0.2, 0.25) is 0 Å². The Bertz CT molecular complexity index is 309. The smallest absolute Gasteiger partial charge is 0.0916 e. The first-order chi connectivity index (χ1) is 9.36. The molecule has 1 saturated heterocycles. The van der Waals surface area contributed by atoms with E-state index in [0.717, 1.165) is 5.92 Å². The Labute approximate surface area is 125 Å². The highest BCUT2D eigenvalue weighted by atomic mass is 32.2. The van der Waals surface area contributed by atoms with Gasteiger partial charge in [0.05, 0.1) is 29.8 Å². The molecule has 1 N–H and O–H groups in total. The predicted molar refractivity (Wildman–Crippen MR) is 83.0 cm³/mol. The third kappa shape index (κ3) is 14.3. The molecule has 1 fully saturated rings. The Kier molecular flexibility index (Phi) is 11.4. The lowest BCUT2D eigenvalue weighted by molar-refractivity contribution is -0.889. The molecule has 122 valence electrons. The molecule has 5 heteroatoms. The molecular formula is C15H33NO3S. The molecule has 1 aliphatic heterocycles. The van der Waals surface area contributed by atoms with Crippen LogP contribution in [0.15, 0.2) is 0 Å². The number of hydrogen-bond acceptors (Lipinski definition) is 3. The van der Waals surface area contributed by atoms with Crippen molar-refractivity contribution in [3.05, 3.63) is 0 Å². The standard InChI is InChI=1S/C14H29N.CH4O3S/c1-3-5-6-7-8-11-15-12-10-14(13-15)9-4-2;1-5(2,3)4/h14H,3-13H2,1-2H3;1H3,(H,2,3,4). The van der Waals surface area contributed by atoms with Gasteiger partial charge in [0.1, 0.15) is 0 Å². The first-order valence-corrected chi connectivity index (χ1v) is 9.92. The zero-order chi connectivity index (χ0) is 15.4. The molecule has 2 atom stereocenters. The molecule has 2 unspecified atom stereocenters. The lowest BCUT2D eigenvalue weighted by atomic mass is 10.0. The predicted octanol–water partition coefficient (Wildman–Crippen LogP) is 1.82. The third-order valence-electron chi connectivity index (χ3n) is 3.81. The average Bonchev–Trinajstić information content (AvgIpc) is 2.75. The SMILES string of the molecule is CCCCCCC[NH+]1CCC(CCC)C1.CS(=O)(=O)[O-]. The second-order valence-corrected chi connectivity index (χ2v) is 7.42. The zero-order valence-corrected chi connectivity index (χ0v) is 14.3. The van der Waals surface area contributed by atoms with Gasteiger partial charge in [-0.15, -0.1) is 0 Å². The summed E-state index contributed by atoms with van der Waals surface area (Å²) in [5.41, 5.74) is 0. The summed E-state index contributed by atoms with van der Waals surface area (Å²) in [5, 5.41) is 0. The molecule has 0 spiro atoms. The van der Waals surface area contributed by atoms with Crippen LogP contribution in [-0.4, -0.2) is 38.9 Å². The maximum absolute atomic E-state index is 9.08. The van der Waals surface area contributed by atoms with Crippen molar-refractivity contribution in [1.82, 2.24) is 0 Å². The summed E-state index contributed by atoms with van der Waals surface area (Å²) in [6.07, 6.45) is 12.2. The Hall–Kier alpha value is -0.130. The Morgan fingerprint density at radius 3 is 2.25 bits per heavy atom. The van der Waals surface area contributed by atoms with Gasteiger partial charge in [-0.1, -0.05) is 39.5 Å². The summed E-state index contributed by atoms with van der Waals surface area (Å²) >= 11 is 0. The van der Waals surface area contributed by atoms with Gasteiger partial charge in [0, 0.05) is 18.6 Å². The quantitative estimate of drug-likeness (QED) is 0.549. The van der Waals surface area contributed by atoms with Gasteiger partial charge in [-0.25, -0.2) is 8.42 Å². The molecule has 0 amide bonds. The summed E-state index contributed by atoms with van der Waals surface area (Å²) in [6.45, 7) is 8.99. The molecule has 0 aromatic rings. The minimum absolute atomic E-state index is 0.604. The first-order valence-electron chi connectivity index (χ1n) is 8.11. The van der Waals surface area contributed by atoms with E-state index in [-0.39, 0.29) is 0 Å². The van der Waals surface area contributed by atoms with Crippen LogP contribution < -0.4 is 4.90 Å². The van der Waals surface area contributed by atoms with Crippen LogP contribution in [0.1, 0.15) is 65.2 Å². The van der Waals surface area contributed by atoms with Crippen molar-refractivity contribution < 1.29 is 17.9 Å². The molecule has 0 saturated carbocycles. The van der Waals surface area contributed by atoms with Crippen molar-refractivity contribution >= 4 is 10.1 Å². The summed E-state index contributed by atoms with van der Waals surface area (Å²) in [4.78, 5) is 1.89. The normalized spacial score (nSPS) is 22.4. The number of hydrogen-bond donors (Lipinski definition) is 1. The number of nitrogens with one attached hydrogen (secondary N) is 1. The van der Waals surface area contributed by atoms with Crippen molar-refractivity contribution in [3.8, 4) is 0 Å². The third-order valence-corrected chi connectivity index (χ3v) is 3.81. The summed E-state index contributed by atoms with van der Waals surface area (Å²) in [7, 11) is -3.92. The van der Waals surface area contributed by atoms with Crippen molar-refractivity contribution in [2.45, 2.75) is 65.2 Å². The van der Waals surface area contributed by atoms with E-state index in [2.05, 4.69) is 13.8 Å². The second-order valence-electron chi connectivity index (χ2n) is 6.02. The van der Waals surface area contributed by atoms with E-state index in [4.69, 9.17) is 13.0 Å². The van der Waals surface area contributed by atoms with Crippen LogP contribution in [0.2, 0.25) is 0 Å². The molecule has 0 bridgehead atoms. The number of likely N-dealkylation sites (tertiary alicyclic amines) is 1. The van der Waals surface area contributed by atoms with Crippen molar-refractivity contribution in [3.63, 3.8) is 0 Å². The van der Waals surface area contributed by atoms with E-state index in [1.807, 2.05) is 4.90 Å². The van der Waals surface area contributed by atoms with Crippen molar-refractivity contribution in [2.75, 3.05) is 25.9 Å². The maximum Gasteiger partial charge on any atom is 0.0916 e. The van der Waals surface area contributed by atoms with Crippen molar-refractivity contribution in [2.24, 2.45) is 5.92 Å². The molecule has 1 aliphatic rings. The first kappa shape index (κ1) is 19.9. The fourth-order valence-electron chi connectivity index (χ4n) is 2.88. The molecule has 0 aromatic carbocycles. The van der Waals surface area contributed by atoms with E-state index in [1.54, 1.807) is 0 Å². The minimum Gasteiger partial charge on any atom is -0.748 e. The van der Waals surface area contributed by atoms with Gasteiger partial charge >= 0.3 is 0 Å². The Morgan fingerprint density at radius 1 is 1.10 bits per heavy atom. The largest absolute Gasteiger partial charge is 0.748 e. The molecule has 0 radical (unpaired) electrons. The van der Waals surface area contributed by atoms with Crippen molar-refractivity contribution in [1.29, 1.82) is 0 Å². The average molecular weight is 308 g/mol. The van der Waals surface area contributed by atoms with Crippen LogP contribution in [0.4, 0.5) is 0 Å². The molecule has 20 heavy (non-hydrogen) atoms. The van der Waals surface area contributed by atoms with Crippen LogP contribution in [-0.2, 0) is 10.1 Å². The topological polar surface area (TPSA) is 61.6 Å². The van der Waals surface area contributed by atoms with Crippen LogP contribution >= 0.6 is 0 Å². The minimum atomic E-state index is -3.92. The summed E-state index contributed by atoms with van der Waals surface area (Å²) in [6, 6.07) is 0. The molecule has 1 heterocycles. The van der Waals surface area contributed by atoms with E-state index >= 15 is 0 Å². The van der Waals surface area contributed by atoms with Gasteiger partial charge in [-0.3, -0.25) is 0 Å². The second kappa shape index (κ2) is 11.5.